The van der Waals surface area contributed by atoms with Crippen LogP contribution in [0.2, 0.25) is 0 Å². The summed E-state index contributed by atoms with van der Waals surface area (Å²) in [7, 11) is 0. The Kier molecular flexibility index (Phi) is 4.80. The van der Waals surface area contributed by atoms with Gasteiger partial charge in [-0.25, -0.2) is 0 Å². The van der Waals surface area contributed by atoms with Crippen LogP contribution in [0.5, 0.6) is 0 Å². The van der Waals surface area contributed by atoms with E-state index in [2.05, 4.69) is 26.0 Å². The van der Waals surface area contributed by atoms with Crippen molar-refractivity contribution < 1.29 is 0 Å². The van der Waals surface area contributed by atoms with E-state index in [1.165, 1.54) is 5.56 Å². The summed E-state index contributed by atoms with van der Waals surface area (Å²) < 4.78 is 1.76. The molecular formula is C17H18ClNO. The minimum atomic E-state index is 0.218. The molecule has 104 valence electrons. The van der Waals surface area contributed by atoms with Gasteiger partial charge in [0.2, 0.25) is 0 Å². The van der Waals surface area contributed by atoms with Crippen LogP contribution >= 0.6 is 11.8 Å². The van der Waals surface area contributed by atoms with Gasteiger partial charge in [-0.05, 0) is 31.0 Å². The van der Waals surface area contributed by atoms with Gasteiger partial charge >= 0.3 is 0 Å². The highest BCUT2D eigenvalue weighted by molar-refractivity contribution is 6.25. The molecule has 3 rings (SSSR count). The fraction of sp³-hybridized carbons (Fsp3) is 0.235. The lowest BCUT2D eigenvalue weighted by molar-refractivity contribution is 0.924. The van der Waals surface area contributed by atoms with Crippen LogP contribution in [-0.2, 0) is 0 Å². The van der Waals surface area contributed by atoms with E-state index in [-0.39, 0.29) is 5.43 Å². The van der Waals surface area contributed by atoms with Crippen LogP contribution in [0.4, 0.5) is 5.69 Å². The van der Waals surface area contributed by atoms with Crippen molar-refractivity contribution in [1.82, 2.24) is 0 Å². The van der Waals surface area contributed by atoms with E-state index in [4.69, 9.17) is 11.8 Å². The molecule has 2 nitrogen and oxygen atoms in total. The van der Waals surface area contributed by atoms with Gasteiger partial charge in [-0.1, -0.05) is 43.3 Å². The molecule has 0 N–H and O–H groups in total. The van der Waals surface area contributed by atoms with Crippen molar-refractivity contribution >= 4 is 28.2 Å². The molecule has 3 heteroatoms. The largest absolute Gasteiger partial charge is 0.289 e. The number of fused-ring (bicyclic) bond motifs is 1. The number of rotatable bonds is 3. The Morgan fingerprint density at radius 3 is 2.20 bits per heavy atom. The normalized spacial score (nSPS) is 10.3. The third-order valence-electron chi connectivity index (χ3n) is 3.06. The summed E-state index contributed by atoms with van der Waals surface area (Å²) in [4.78, 5) is 10.5. The average molecular weight is 288 g/mol. The van der Waals surface area contributed by atoms with Gasteiger partial charge in [-0.15, -0.1) is 0 Å². The number of nitrogens with zero attached hydrogens (tertiary/aromatic N) is 1. The summed E-state index contributed by atoms with van der Waals surface area (Å²) in [5.41, 5.74) is 2.54. The monoisotopic (exact) mass is 287 g/mol. The number of anilines is 1. The Labute approximate surface area is 124 Å². The van der Waals surface area contributed by atoms with Gasteiger partial charge in [0.1, 0.15) is 0 Å². The molecule has 0 fully saturated rings. The van der Waals surface area contributed by atoms with E-state index in [1.54, 1.807) is 4.42 Å². The average Bonchev–Trinajstić information content (AvgIpc) is 3.11. The lowest BCUT2D eigenvalue weighted by Gasteiger charge is -2.14. The van der Waals surface area contributed by atoms with Gasteiger partial charge in [0.25, 0.3) is 0 Å². The van der Waals surface area contributed by atoms with Crippen LogP contribution in [0.3, 0.4) is 0 Å². The predicted molar refractivity (Wildman–Crippen MR) is 87.3 cm³/mol. The highest BCUT2D eigenvalue weighted by atomic mass is 35.5. The summed E-state index contributed by atoms with van der Waals surface area (Å²) in [5.74, 6) is 0. The van der Waals surface area contributed by atoms with Gasteiger partial charge in [0.05, 0.1) is 5.69 Å². The number of halogens is 1. The predicted octanol–water partition coefficient (Wildman–Crippen LogP) is 4.44. The molecule has 0 heterocycles. The quantitative estimate of drug-likeness (QED) is 0.664. The van der Waals surface area contributed by atoms with Gasteiger partial charge in [0, 0.05) is 29.1 Å². The molecule has 0 amide bonds. The maximum atomic E-state index is 10.5. The number of hydrogen-bond donors (Lipinski definition) is 0. The maximum Gasteiger partial charge on any atom is 0.194 e. The zero-order valence-corrected chi connectivity index (χ0v) is 12.5. The number of aryl methyl sites for hydroxylation is 1. The second-order valence-corrected chi connectivity index (χ2v) is 5.21. The van der Waals surface area contributed by atoms with Crippen LogP contribution in [0, 0.1) is 6.92 Å². The molecule has 0 aliphatic carbocycles. The van der Waals surface area contributed by atoms with Crippen LogP contribution in [0.15, 0.2) is 53.3 Å². The fourth-order valence-electron chi connectivity index (χ4n) is 1.94. The summed E-state index contributed by atoms with van der Waals surface area (Å²) >= 11 is 6.01. The van der Waals surface area contributed by atoms with E-state index in [1.807, 2.05) is 36.4 Å². The molecule has 0 spiro atoms. The fourth-order valence-corrected chi connectivity index (χ4v) is 2.21. The van der Waals surface area contributed by atoms with E-state index in [9.17, 15) is 4.79 Å². The van der Waals surface area contributed by atoms with Crippen molar-refractivity contribution in [2.75, 3.05) is 11.0 Å². The first-order valence-corrected chi connectivity index (χ1v) is 7.11. The summed E-state index contributed by atoms with van der Waals surface area (Å²) in [6, 6.07) is 15.6. The van der Waals surface area contributed by atoms with Crippen molar-refractivity contribution in [1.29, 1.82) is 0 Å². The summed E-state index contributed by atoms with van der Waals surface area (Å²) in [6.07, 6.45) is 1.07. The Hall–Kier alpha value is -1.80. The van der Waals surface area contributed by atoms with Crippen LogP contribution in [-0.4, -0.2) is 6.54 Å². The van der Waals surface area contributed by atoms with Crippen LogP contribution < -0.4 is 9.85 Å². The summed E-state index contributed by atoms with van der Waals surface area (Å²) in [5, 5.41) is 1.79. The lowest BCUT2D eigenvalue weighted by Crippen LogP contribution is -2.10. The Morgan fingerprint density at radius 1 is 1.05 bits per heavy atom. The Morgan fingerprint density at radius 2 is 1.70 bits per heavy atom. The van der Waals surface area contributed by atoms with E-state index in [0.717, 1.165) is 29.4 Å². The molecule has 0 aliphatic rings. The standard InChI is InChI=1S/C10H14ClN.C7H4O/c1-3-7-12(11)10-6-4-5-9(2)8-10;8-7-5-3-1-2-4-6(5)7/h4-6,8H,3,7H2,1-2H3;1-4H. The minimum Gasteiger partial charge on any atom is -0.289 e. The minimum absolute atomic E-state index is 0.218. The van der Waals surface area contributed by atoms with Crippen molar-refractivity contribution in [3.63, 3.8) is 0 Å². The second-order valence-electron chi connectivity index (χ2n) is 4.80. The molecule has 0 saturated heterocycles. The third kappa shape index (κ3) is 3.61. The number of hydrogen-bond acceptors (Lipinski definition) is 2. The first-order chi connectivity index (χ1) is 9.63. The van der Waals surface area contributed by atoms with Gasteiger partial charge in [-0.3, -0.25) is 9.21 Å². The van der Waals surface area contributed by atoms with Crippen molar-refractivity contribution in [3.05, 3.63) is 64.3 Å². The molecular weight excluding hydrogens is 270 g/mol. The molecule has 0 aromatic heterocycles. The van der Waals surface area contributed by atoms with E-state index >= 15 is 0 Å². The Balaban J connectivity index is 0.000000157. The molecule has 0 saturated carbocycles. The summed E-state index contributed by atoms with van der Waals surface area (Å²) in [6.45, 7) is 5.08. The van der Waals surface area contributed by atoms with Crippen LogP contribution in [0.1, 0.15) is 18.9 Å². The van der Waals surface area contributed by atoms with Gasteiger partial charge in [-0.2, -0.15) is 0 Å². The molecule has 0 bridgehead atoms. The third-order valence-corrected chi connectivity index (χ3v) is 3.42. The first kappa shape index (κ1) is 14.6. The SMILES string of the molecule is CCCN(Cl)c1cccc(C)c1.O=c1c2ccccc12. The number of benzene rings is 2. The second kappa shape index (κ2) is 6.58. The zero-order valence-electron chi connectivity index (χ0n) is 11.8. The van der Waals surface area contributed by atoms with Crippen LogP contribution in [0.25, 0.3) is 10.8 Å². The van der Waals surface area contributed by atoms with E-state index < -0.39 is 0 Å². The van der Waals surface area contributed by atoms with E-state index in [0.29, 0.717) is 0 Å². The molecule has 3 aromatic carbocycles. The van der Waals surface area contributed by atoms with Gasteiger partial charge < -0.3 is 0 Å². The Bertz CT molecular complexity index is 667. The van der Waals surface area contributed by atoms with Crippen molar-refractivity contribution in [3.8, 4) is 0 Å². The molecule has 3 aromatic rings. The smallest absolute Gasteiger partial charge is 0.194 e. The van der Waals surface area contributed by atoms with Gasteiger partial charge in [0.15, 0.2) is 5.43 Å². The maximum absolute atomic E-state index is 10.5. The highest BCUT2D eigenvalue weighted by Crippen LogP contribution is 2.17. The molecule has 0 radical (unpaired) electrons. The topological polar surface area (TPSA) is 20.3 Å². The lowest BCUT2D eigenvalue weighted by atomic mass is 10.2. The molecule has 0 aliphatic heterocycles. The first-order valence-electron chi connectivity index (χ1n) is 6.77. The highest BCUT2D eigenvalue weighted by Gasteiger charge is 2.07. The zero-order chi connectivity index (χ0) is 14.5. The van der Waals surface area contributed by atoms with Crippen molar-refractivity contribution in [2.24, 2.45) is 0 Å². The van der Waals surface area contributed by atoms with Crippen molar-refractivity contribution in [2.45, 2.75) is 20.3 Å². The molecule has 0 unspecified atom stereocenters. The molecule has 20 heavy (non-hydrogen) atoms. The molecule has 0 atom stereocenters.